The van der Waals surface area contributed by atoms with E-state index in [1.165, 1.54) is 17.0 Å². The van der Waals surface area contributed by atoms with Crippen molar-refractivity contribution in [3.8, 4) is 0 Å². The number of aryl methyl sites for hydroxylation is 1. The average molecular weight is 587 g/mol. The summed E-state index contributed by atoms with van der Waals surface area (Å²) in [6, 6.07) is 11.9. The molecule has 6 rings (SSSR count). The van der Waals surface area contributed by atoms with Gasteiger partial charge in [0.1, 0.15) is 5.82 Å². The van der Waals surface area contributed by atoms with Crippen molar-refractivity contribution in [2.24, 2.45) is 0 Å². The second-order valence-corrected chi connectivity index (χ2v) is 11.5. The van der Waals surface area contributed by atoms with Crippen molar-refractivity contribution in [2.75, 3.05) is 45.2 Å². The zero-order chi connectivity index (χ0) is 30.1. The lowest BCUT2D eigenvalue weighted by Crippen LogP contribution is -2.42. The monoisotopic (exact) mass is 586 g/mol. The number of nitrogens with zero attached hydrogens (tertiary/aromatic N) is 6. The number of rotatable bonds is 7. The van der Waals surface area contributed by atoms with E-state index in [1.807, 2.05) is 11.0 Å². The minimum Gasteiger partial charge on any atom is -0.449 e. The van der Waals surface area contributed by atoms with Gasteiger partial charge in [-0.25, -0.2) is 4.39 Å². The van der Waals surface area contributed by atoms with Crippen molar-refractivity contribution >= 4 is 34.0 Å². The fourth-order valence-corrected chi connectivity index (χ4v) is 5.93. The minimum atomic E-state index is -1.06. The Kier molecular flexibility index (Phi) is 7.74. The highest BCUT2D eigenvalue weighted by atomic mass is 19.1. The predicted octanol–water partition coefficient (Wildman–Crippen LogP) is 4.06. The van der Waals surface area contributed by atoms with Gasteiger partial charge in [0.25, 0.3) is 5.91 Å². The molecule has 0 atom stereocenters. The van der Waals surface area contributed by atoms with Crippen LogP contribution in [0.25, 0.3) is 16.5 Å². The standard InChI is InChI=1S/C32H35FN6O4/c1-36(2)31(41)28-20-24-18-23(22-4-3-13-38(21-22)29(40)9-14-39-17-12-34-35-39)19-27(30(24)43-28)37-15-10-32(42,11-16-37)25-5-7-26(33)8-6-25/h4-8,12,17-20,42H,3,9-11,13-16,21H2,1-2H3. The first-order chi connectivity index (χ1) is 20.7. The predicted molar refractivity (Wildman–Crippen MR) is 160 cm³/mol. The summed E-state index contributed by atoms with van der Waals surface area (Å²) >= 11 is 0. The number of fused-ring (bicyclic) bond motifs is 1. The number of amides is 2. The maximum absolute atomic E-state index is 13.5. The Labute approximate surface area is 249 Å². The molecule has 10 nitrogen and oxygen atoms in total. The van der Waals surface area contributed by atoms with E-state index in [9.17, 15) is 19.1 Å². The summed E-state index contributed by atoms with van der Waals surface area (Å²) in [5, 5.41) is 20.0. The van der Waals surface area contributed by atoms with Crippen molar-refractivity contribution in [2.45, 2.75) is 37.8 Å². The summed E-state index contributed by atoms with van der Waals surface area (Å²) in [6.07, 6.45) is 7.48. The van der Waals surface area contributed by atoms with Crippen LogP contribution in [0.4, 0.5) is 10.1 Å². The lowest BCUT2D eigenvalue weighted by Gasteiger charge is -2.39. The molecule has 4 aromatic rings. The van der Waals surface area contributed by atoms with Crippen LogP contribution in [0.15, 0.2) is 65.4 Å². The third-order valence-electron chi connectivity index (χ3n) is 8.43. The zero-order valence-corrected chi connectivity index (χ0v) is 24.4. The molecule has 0 bridgehead atoms. The molecule has 0 saturated carbocycles. The van der Waals surface area contributed by atoms with Gasteiger partial charge in [-0.05, 0) is 66.3 Å². The second kappa shape index (κ2) is 11.6. The SMILES string of the molecule is CN(C)C(=O)c1cc2cc(C3=CCCN(C(=O)CCn4ccnn4)C3)cc(N3CCC(O)(c4ccc(F)cc4)CC3)c2o1. The van der Waals surface area contributed by atoms with Crippen LogP contribution in [0, 0.1) is 5.82 Å². The molecular formula is C32H35FN6O4. The first-order valence-electron chi connectivity index (χ1n) is 14.5. The molecule has 0 radical (unpaired) electrons. The maximum atomic E-state index is 13.5. The third-order valence-corrected chi connectivity index (χ3v) is 8.43. The Balaban J connectivity index is 1.28. The Morgan fingerprint density at radius 1 is 1.09 bits per heavy atom. The van der Waals surface area contributed by atoms with E-state index in [0.717, 1.165) is 28.6 Å². The molecule has 11 heteroatoms. The van der Waals surface area contributed by atoms with Crippen LogP contribution in [0.2, 0.25) is 0 Å². The number of aliphatic hydroxyl groups is 1. The Bertz CT molecular complexity index is 1650. The fraction of sp³-hybridized carbons (Fsp3) is 0.375. The van der Waals surface area contributed by atoms with Crippen LogP contribution in [-0.2, 0) is 16.9 Å². The topological polar surface area (TPSA) is 108 Å². The van der Waals surface area contributed by atoms with Gasteiger partial charge in [-0.3, -0.25) is 14.3 Å². The van der Waals surface area contributed by atoms with Gasteiger partial charge in [-0.15, -0.1) is 5.10 Å². The molecular weight excluding hydrogens is 551 g/mol. The van der Waals surface area contributed by atoms with Crippen molar-refractivity contribution in [1.82, 2.24) is 24.8 Å². The number of anilines is 1. The largest absolute Gasteiger partial charge is 0.449 e. The van der Waals surface area contributed by atoms with Gasteiger partial charge in [0, 0.05) is 58.3 Å². The third kappa shape index (κ3) is 5.90. The summed E-state index contributed by atoms with van der Waals surface area (Å²) in [4.78, 5) is 31.4. The highest BCUT2D eigenvalue weighted by Crippen LogP contribution is 2.39. The second-order valence-electron chi connectivity index (χ2n) is 11.5. The van der Waals surface area contributed by atoms with Crippen molar-refractivity contribution < 1.29 is 23.5 Å². The number of benzene rings is 2. The smallest absolute Gasteiger partial charge is 0.289 e. The molecule has 1 N–H and O–H groups in total. The molecule has 2 aliphatic heterocycles. The molecule has 2 aliphatic rings. The van der Waals surface area contributed by atoms with E-state index >= 15 is 0 Å². The van der Waals surface area contributed by atoms with Crippen LogP contribution in [0.3, 0.4) is 0 Å². The Morgan fingerprint density at radius 3 is 2.56 bits per heavy atom. The first-order valence-corrected chi connectivity index (χ1v) is 14.5. The van der Waals surface area contributed by atoms with Crippen molar-refractivity contribution in [1.29, 1.82) is 0 Å². The molecule has 0 aliphatic carbocycles. The number of hydrogen-bond acceptors (Lipinski definition) is 7. The van der Waals surface area contributed by atoms with E-state index in [2.05, 4.69) is 27.4 Å². The van der Waals surface area contributed by atoms with Crippen LogP contribution in [0.5, 0.6) is 0 Å². The van der Waals surface area contributed by atoms with Gasteiger partial charge < -0.3 is 24.2 Å². The van der Waals surface area contributed by atoms with Gasteiger partial charge in [0.15, 0.2) is 11.3 Å². The van der Waals surface area contributed by atoms with Crippen molar-refractivity contribution in [3.05, 3.63) is 83.6 Å². The summed E-state index contributed by atoms with van der Waals surface area (Å²) in [7, 11) is 3.37. The maximum Gasteiger partial charge on any atom is 0.289 e. The molecule has 4 heterocycles. The number of furan rings is 1. The van der Waals surface area contributed by atoms with Gasteiger partial charge in [0.05, 0.1) is 24.0 Å². The van der Waals surface area contributed by atoms with Gasteiger partial charge >= 0.3 is 0 Å². The summed E-state index contributed by atoms with van der Waals surface area (Å²) in [6.45, 7) is 2.68. The van der Waals surface area contributed by atoms with Gasteiger partial charge in [-0.2, -0.15) is 0 Å². The molecule has 0 unspecified atom stereocenters. The number of hydrogen-bond donors (Lipinski definition) is 1. The molecule has 224 valence electrons. The Morgan fingerprint density at radius 2 is 1.86 bits per heavy atom. The highest BCUT2D eigenvalue weighted by Gasteiger charge is 2.35. The van der Waals surface area contributed by atoms with Crippen LogP contribution >= 0.6 is 0 Å². The van der Waals surface area contributed by atoms with Gasteiger partial charge in [-0.1, -0.05) is 23.4 Å². The van der Waals surface area contributed by atoms with E-state index < -0.39 is 5.60 Å². The fourth-order valence-electron chi connectivity index (χ4n) is 5.93. The molecule has 2 aromatic carbocycles. The van der Waals surface area contributed by atoms with Crippen LogP contribution in [-0.4, -0.2) is 82.0 Å². The van der Waals surface area contributed by atoms with Gasteiger partial charge in [0.2, 0.25) is 5.91 Å². The molecule has 1 fully saturated rings. The van der Waals surface area contributed by atoms with E-state index in [4.69, 9.17) is 4.42 Å². The molecule has 0 spiro atoms. The lowest BCUT2D eigenvalue weighted by atomic mass is 9.84. The van der Waals surface area contributed by atoms with E-state index in [-0.39, 0.29) is 23.4 Å². The van der Waals surface area contributed by atoms with Crippen LogP contribution in [0.1, 0.15) is 47.4 Å². The van der Waals surface area contributed by atoms with Crippen LogP contribution < -0.4 is 4.90 Å². The zero-order valence-electron chi connectivity index (χ0n) is 24.4. The number of carbonyl (C=O) groups is 2. The number of piperidine rings is 1. The lowest BCUT2D eigenvalue weighted by molar-refractivity contribution is -0.131. The quantitative estimate of drug-likeness (QED) is 0.348. The number of halogens is 1. The summed E-state index contributed by atoms with van der Waals surface area (Å²) in [5.74, 6) is -0.257. The number of carbonyl (C=O) groups excluding carboxylic acids is 2. The first kappa shape index (κ1) is 28.6. The average Bonchev–Trinajstić information content (AvgIpc) is 3.70. The molecule has 2 aromatic heterocycles. The molecule has 43 heavy (non-hydrogen) atoms. The summed E-state index contributed by atoms with van der Waals surface area (Å²) in [5.41, 5.74) is 3.07. The van der Waals surface area contributed by atoms with Crippen molar-refractivity contribution in [3.63, 3.8) is 0 Å². The summed E-state index contributed by atoms with van der Waals surface area (Å²) < 4.78 is 21.3. The minimum absolute atomic E-state index is 0.0562. The number of aromatic nitrogens is 3. The normalized spacial score (nSPS) is 16.8. The van der Waals surface area contributed by atoms with E-state index in [0.29, 0.717) is 63.1 Å². The molecule has 1 saturated heterocycles. The van der Waals surface area contributed by atoms with E-state index in [1.54, 1.807) is 49.4 Å². The Hall–Kier alpha value is -4.51. The molecule has 2 amide bonds. The highest BCUT2D eigenvalue weighted by molar-refractivity contribution is 6.00.